The molecule has 1 amide bonds. The van der Waals surface area contributed by atoms with Gasteiger partial charge >= 0.3 is 5.97 Å². The van der Waals surface area contributed by atoms with Gasteiger partial charge in [0.05, 0.1) is 21.9 Å². The summed E-state index contributed by atoms with van der Waals surface area (Å²) in [5.74, 6) is -1.87. The van der Waals surface area contributed by atoms with E-state index in [1.807, 2.05) is 32.0 Å². The number of hydrazone groups is 1. The first-order chi connectivity index (χ1) is 18.6. The van der Waals surface area contributed by atoms with Gasteiger partial charge < -0.3 is 15.5 Å². The van der Waals surface area contributed by atoms with Crippen LogP contribution >= 0.6 is 0 Å². The summed E-state index contributed by atoms with van der Waals surface area (Å²) in [6.45, 7) is 3.90. The lowest BCUT2D eigenvalue weighted by Gasteiger charge is -2.11. The normalized spacial score (nSPS) is 13.2. The van der Waals surface area contributed by atoms with Gasteiger partial charge in [0, 0.05) is 28.8 Å². The molecule has 5 rings (SSSR count). The number of amides is 1. The van der Waals surface area contributed by atoms with Crippen LogP contribution in [0.1, 0.15) is 27.0 Å². The summed E-state index contributed by atoms with van der Waals surface area (Å²) in [6.07, 6.45) is 0. The Bertz CT molecular complexity index is 1730. The molecular formula is C29H22N4O6. The van der Waals surface area contributed by atoms with Gasteiger partial charge in [-0.05, 0) is 54.3 Å². The van der Waals surface area contributed by atoms with E-state index in [4.69, 9.17) is 0 Å². The summed E-state index contributed by atoms with van der Waals surface area (Å²) in [4.78, 5) is 35.5. The molecule has 39 heavy (non-hydrogen) atoms. The fourth-order valence-corrected chi connectivity index (χ4v) is 4.40. The number of aryl methyl sites for hydroxylation is 2. The molecule has 1 heterocycles. The highest BCUT2D eigenvalue weighted by Crippen LogP contribution is 2.40. The predicted molar refractivity (Wildman–Crippen MR) is 147 cm³/mol. The van der Waals surface area contributed by atoms with Crippen LogP contribution in [0.5, 0.6) is 5.75 Å². The summed E-state index contributed by atoms with van der Waals surface area (Å²) >= 11 is 0. The van der Waals surface area contributed by atoms with Gasteiger partial charge in [-0.25, -0.2) is 4.79 Å². The molecule has 0 aromatic heterocycles. The number of hydrogen-bond donors (Lipinski definition) is 4. The lowest BCUT2D eigenvalue weighted by Crippen LogP contribution is -2.16. The van der Waals surface area contributed by atoms with Crippen molar-refractivity contribution in [1.29, 1.82) is 0 Å². The predicted octanol–water partition coefficient (Wildman–Crippen LogP) is 5.72. The summed E-state index contributed by atoms with van der Waals surface area (Å²) in [7, 11) is 0. The molecule has 1 aliphatic rings. The van der Waals surface area contributed by atoms with E-state index in [2.05, 4.69) is 15.8 Å². The van der Waals surface area contributed by atoms with E-state index in [-0.39, 0.29) is 34.0 Å². The van der Waals surface area contributed by atoms with Crippen LogP contribution in [0.2, 0.25) is 0 Å². The minimum Gasteiger partial charge on any atom is -0.505 e. The molecule has 4 aromatic carbocycles. The molecule has 0 aliphatic carbocycles. The number of non-ortho nitro benzene ring substituents is 1. The Morgan fingerprint density at radius 1 is 0.923 bits per heavy atom. The van der Waals surface area contributed by atoms with Crippen LogP contribution in [0.3, 0.4) is 0 Å². The van der Waals surface area contributed by atoms with Gasteiger partial charge in [0.25, 0.3) is 11.6 Å². The lowest BCUT2D eigenvalue weighted by molar-refractivity contribution is -0.384. The molecule has 0 unspecified atom stereocenters. The fraction of sp³-hybridized carbons (Fsp3) is 0.0690. The second-order valence-corrected chi connectivity index (χ2v) is 9.09. The third-order valence-corrected chi connectivity index (χ3v) is 6.61. The Balaban J connectivity index is 1.56. The van der Waals surface area contributed by atoms with Crippen molar-refractivity contribution in [1.82, 2.24) is 0 Å². The molecule has 0 atom stereocenters. The highest BCUT2D eigenvalue weighted by Gasteiger charge is 2.32. The first kappa shape index (κ1) is 25.2. The summed E-state index contributed by atoms with van der Waals surface area (Å²) < 4.78 is 0. The summed E-state index contributed by atoms with van der Waals surface area (Å²) in [6, 6.07) is 19.2. The van der Waals surface area contributed by atoms with E-state index < -0.39 is 16.8 Å². The standard InChI is InChI=1S/C29H22N4O6/c1-15-9-10-18(11-16(15)2)22-13-20(33(38)39)14-23-25(22)30-28(35)26(23)32-31-24-8-4-7-21(27(24)34)17-5-3-6-19(12-17)29(36)37/h3-14,31,34H,1-2H3,(H,36,37)(H,30,32,35). The van der Waals surface area contributed by atoms with Gasteiger partial charge in [-0.15, -0.1) is 0 Å². The molecule has 4 aromatic rings. The van der Waals surface area contributed by atoms with E-state index in [1.165, 1.54) is 30.3 Å². The molecule has 0 bridgehead atoms. The molecule has 0 spiro atoms. The van der Waals surface area contributed by atoms with Crippen LogP contribution in [0.25, 0.3) is 22.3 Å². The molecule has 0 radical (unpaired) electrons. The average molecular weight is 523 g/mol. The number of para-hydroxylation sites is 1. The molecule has 0 saturated carbocycles. The number of nitro groups is 1. The highest BCUT2D eigenvalue weighted by molar-refractivity contribution is 6.54. The number of benzene rings is 4. The second-order valence-electron chi connectivity index (χ2n) is 9.09. The van der Waals surface area contributed by atoms with Crippen molar-refractivity contribution in [3.63, 3.8) is 0 Å². The minimum absolute atomic E-state index is 0.0610. The molecule has 0 saturated heterocycles. The number of carbonyl (C=O) groups is 2. The number of anilines is 2. The van der Waals surface area contributed by atoms with E-state index >= 15 is 0 Å². The lowest BCUT2D eigenvalue weighted by atomic mass is 9.96. The minimum atomic E-state index is -1.10. The van der Waals surface area contributed by atoms with Crippen LogP contribution in [-0.2, 0) is 4.79 Å². The smallest absolute Gasteiger partial charge is 0.335 e. The first-order valence-corrected chi connectivity index (χ1v) is 11.8. The topological polar surface area (TPSA) is 154 Å². The number of carboxylic acid groups (broad SMARTS) is 1. The highest BCUT2D eigenvalue weighted by atomic mass is 16.6. The molecular weight excluding hydrogens is 500 g/mol. The Morgan fingerprint density at radius 3 is 2.36 bits per heavy atom. The number of carbonyl (C=O) groups excluding carboxylic acids is 1. The summed E-state index contributed by atoms with van der Waals surface area (Å²) in [5, 5.41) is 38.9. The molecule has 194 valence electrons. The maximum atomic E-state index is 12.9. The Hall–Kier alpha value is -5.51. The number of carboxylic acids is 1. The van der Waals surface area contributed by atoms with Crippen molar-refractivity contribution in [3.8, 4) is 28.0 Å². The Kier molecular flexibility index (Phi) is 6.29. The van der Waals surface area contributed by atoms with Crippen molar-refractivity contribution in [3.05, 3.63) is 105 Å². The van der Waals surface area contributed by atoms with E-state index in [0.29, 0.717) is 27.9 Å². The number of phenolic OH excluding ortho intramolecular Hbond substituents is 1. The molecule has 10 heteroatoms. The van der Waals surface area contributed by atoms with Gasteiger partial charge in [-0.3, -0.25) is 20.3 Å². The zero-order valence-corrected chi connectivity index (χ0v) is 20.9. The van der Waals surface area contributed by atoms with Crippen molar-refractivity contribution in [2.45, 2.75) is 13.8 Å². The molecule has 0 fully saturated rings. The van der Waals surface area contributed by atoms with Crippen molar-refractivity contribution < 1.29 is 24.7 Å². The second kappa shape index (κ2) is 9.75. The van der Waals surface area contributed by atoms with E-state index in [9.17, 15) is 29.9 Å². The Morgan fingerprint density at radius 2 is 1.64 bits per heavy atom. The fourth-order valence-electron chi connectivity index (χ4n) is 4.40. The van der Waals surface area contributed by atoms with Gasteiger partial charge in [0.15, 0.2) is 5.71 Å². The number of aromatic carboxylic acids is 1. The monoisotopic (exact) mass is 522 g/mol. The summed E-state index contributed by atoms with van der Waals surface area (Å²) in [5.41, 5.74) is 7.36. The number of nitrogens with zero attached hydrogens (tertiary/aromatic N) is 2. The van der Waals surface area contributed by atoms with Crippen molar-refractivity contribution >= 4 is 34.7 Å². The van der Waals surface area contributed by atoms with Crippen LogP contribution in [0, 0.1) is 24.0 Å². The first-order valence-electron chi connectivity index (χ1n) is 11.8. The van der Waals surface area contributed by atoms with Crippen LogP contribution in [-0.4, -0.2) is 32.7 Å². The number of phenols is 1. The number of nitro benzene ring substituents is 1. The van der Waals surface area contributed by atoms with E-state index in [1.54, 1.807) is 24.3 Å². The van der Waals surface area contributed by atoms with Crippen molar-refractivity contribution in [2.75, 3.05) is 10.7 Å². The third kappa shape index (κ3) is 4.66. The molecule has 10 nitrogen and oxygen atoms in total. The van der Waals surface area contributed by atoms with E-state index in [0.717, 1.165) is 11.1 Å². The zero-order valence-electron chi connectivity index (χ0n) is 20.9. The van der Waals surface area contributed by atoms with Crippen molar-refractivity contribution in [2.24, 2.45) is 5.10 Å². The van der Waals surface area contributed by atoms with Crippen LogP contribution in [0.15, 0.2) is 77.9 Å². The largest absolute Gasteiger partial charge is 0.505 e. The van der Waals surface area contributed by atoms with Gasteiger partial charge in [-0.1, -0.05) is 42.5 Å². The zero-order chi connectivity index (χ0) is 27.8. The number of aromatic hydroxyl groups is 1. The average Bonchev–Trinajstić information content (AvgIpc) is 3.23. The maximum Gasteiger partial charge on any atom is 0.335 e. The number of rotatable bonds is 6. The van der Waals surface area contributed by atoms with Gasteiger partial charge in [-0.2, -0.15) is 5.10 Å². The number of hydrogen-bond acceptors (Lipinski definition) is 7. The number of fused-ring (bicyclic) bond motifs is 1. The maximum absolute atomic E-state index is 12.9. The molecule has 1 aliphatic heterocycles. The Labute approximate surface area is 222 Å². The van der Waals surface area contributed by atoms with Gasteiger partial charge in [0.1, 0.15) is 5.75 Å². The van der Waals surface area contributed by atoms with Crippen LogP contribution < -0.4 is 10.7 Å². The number of nitrogens with one attached hydrogen (secondary N) is 2. The van der Waals surface area contributed by atoms with Gasteiger partial charge in [0.2, 0.25) is 0 Å². The third-order valence-electron chi connectivity index (χ3n) is 6.61. The SMILES string of the molecule is Cc1ccc(-c2cc([N+](=O)[O-])cc3c2NC(=O)C3=NNc2cccc(-c3cccc(C(=O)O)c3)c2O)cc1C. The molecule has 4 N–H and O–H groups in total. The quantitative estimate of drug-likeness (QED) is 0.143. The van der Waals surface area contributed by atoms with Crippen LogP contribution in [0.4, 0.5) is 17.1 Å².